The molecule has 0 unspecified atom stereocenters. The van der Waals surface area contributed by atoms with Gasteiger partial charge >= 0.3 is 5.97 Å². The maximum absolute atomic E-state index is 11.3. The van der Waals surface area contributed by atoms with Crippen LogP contribution in [0.25, 0.3) is 0 Å². The van der Waals surface area contributed by atoms with Crippen LogP contribution in [0.2, 0.25) is 0 Å². The lowest BCUT2D eigenvalue weighted by Crippen LogP contribution is -2.04. The quantitative estimate of drug-likeness (QED) is 0.0667. The van der Waals surface area contributed by atoms with Crippen molar-refractivity contribution in [2.45, 2.75) is 284 Å². The van der Waals surface area contributed by atoms with Gasteiger partial charge in [-0.05, 0) is 30.9 Å². The fraction of sp³-hybridized carbons (Fsp3) is 0.868. The van der Waals surface area contributed by atoms with Gasteiger partial charge in [-0.1, -0.05) is 264 Å². The zero-order valence-corrected chi connectivity index (χ0v) is 38.5. The van der Waals surface area contributed by atoms with Crippen molar-refractivity contribution in [3.05, 3.63) is 23.8 Å². The van der Waals surface area contributed by atoms with E-state index in [1.807, 2.05) is 18.2 Å². The summed E-state index contributed by atoms with van der Waals surface area (Å²) in [7, 11) is 0. The Labute approximate surface area is 356 Å². The van der Waals surface area contributed by atoms with Crippen molar-refractivity contribution < 1.29 is 19.4 Å². The Morgan fingerprint density at radius 2 is 0.684 bits per heavy atom. The molecule has 0 aromatic heterocycles. The highest BCUT2D eigenvalue weighted by atomic mass is 16.5. The summed E-state index contributed by atoms with van der Waals surface area (Å²) >= 11 is 0. The highest BCUT2D eigenvalue weighted by Crippen LogP contribution is 2.27. The summed E-state index contributed by atoms with van der Waals surface area (Å²) in [6.07, 6.45) is 56.0. The lowest BCUT2D eigenvalue weighted by atomic mass is 10.0. The van der Waals surface area contributed by atoms with Crippen molar-refractivity contribution in [3.63, 3.8) is 0 Å². The molecule has 4 heteroatoms. The van der Waals surface area contributed by atoms with Crippen molar-refractivity contribution in [2.24, 2.45) is 0 Å². The van der Waals surface area contributed by atoms with E-state index in [4.69, 9.17) is 9.47 Å². The Morgan fingerprint density at radius 3 is 0.982 bits per heavy atom. The van der Waals surface area contributed by atoms with Crippen LogP contribution in [0, 0.1) is 0 Å². The van der Waals surface area contributed by atoms with Gasteiger partial charge in [0.05, 0.1) is 13.2 Å². The van der Waals surface area contributed by atoms with Crippen LogP contribution in [-0.4, -0.2) is 24.3 Å². The molecule has 0 heterocycles. The van der Waals surface area contributed by atoms with Crippen LogP contribution in [0.3, 0.4) is 0 Å². The summed E-state index contributed by atoms with van der Waals surface area (Å²) < 4.78 is 12.3. The number of carboxylic acids is 1. The van der Waals surface area contributed by atoms with E-state index in [0.717, 1.165) is 36.5 Å². The molecule has 1 aromatic carbocycles. The SMILES string of the molecule is CCCCCCCCCCCCCCCCCCCCCCOc1ccc(CCC(=O)O)c(OCCCCCCCCCCCCCCCCCCCCCC)c1. The van der Waals surface area contributed by atoms with Gasteiger partial charge in [0.15, 0.2) is 0 Å². The van der Waals surface area contributed by atoms with Crippen molar-refractivity contribution >= 4 is 5.97 Å². The molecule has 0 spiro atoms. The molecule has 0 atom stereocenters. The van der Waals surface area contributed by atoms with Gasteiger partial charge in [0.1, 0.15) is 11.5 Å². The average Bonchev–Trinajstić information content (AvgIpc) is 3.21. The zero-order chi connectivity index (χ0) is 41.0. The minimum absolute atomic E-state index is 0.120. The molecule has 0 bridgehead atoms. The van der Waals surface area contributed by atoms with E-state index in [-0.39, 0.29) is 6.42 Å². The van der Waals surface area contributed by atoms with Gasteiger partial charge in [-0.3, -0.25) is 4.79 Å². The maximum Gasteiger partial charge on any atom is 0.303 e. The van der Waals surface area contributed by atoms with Crippen LogP contribution >= 0.6 is 0 Å². The smallest absolute Gasteiger partial charge is 0.303 e. The first kappa shape index (κ1) is 53.3. The average molecular weight is 799 g/mol. The number of hydrogen-bond acceptors (Lipinski definition) is 3. The predicted octanol–water partition coefficient (Wildman–Crippen LogP) is 18.1. The molecule has 0 amide bonds. The Kier molecular flexibility index (Phi) is 41.0. The molecule has 1 aromatic rings. The van der Waals surface area contributed by atoms with Crippen molar-refractivity contribution in [1.82, 2.24) is 0 Å². The summed E-state index contributed by atoms with van der Waals surface area (Å²) in [5, 5.41) is 9.25. The molecule has 334 valence electrons. The van der Waals surface area contributed by atoms with Crippen LogP contribution in [0.4, 0.5) is 0 Å². The fourth-order valence-electron chi connectivity index (χ4n) is 8.29. The highest BCUT2D eigenvalue weighted by Gasteiger charge is 2.09. The molecule has 1 N–H and O–H groups in total. The number of unbranched alkanes of at least 4 members (excludes halogenated alkanes) is 38. The normalized spacial score (nSPS) is 11.4. The van der Waals surface area contributed by atoms with Crippen LogP contribution in [0.1, 0.15) is 283 Å². The Bertz CT molecular complexity index is 960. The van der Waals surface area contributed by atoms with E-state index in [1.165, 1.54) is 244 Å². The Balaban J connectivity index is 2.01. The molecule has 4 nitrogen and oxygen atoms in total. The molecular weight excluding hydrogens is 701 g/mol. The third kappa shape index (κ3) is 38.3. The second-order valence-electron chi connectivity index (χ2n) is 17.8. The van der Waals surface area contributed by atoms with E-state index in [0.29, 0.717) is 13.0 Å². The number of hydrogen-bond donors (Lipinski definition) is 1. The lowest BCUT2D eigenvalue weighted by Gasteiger charge is -2.14. The summed E-state index contributed by atoms with van der Waals surface area (Å²) in [5.41, 5.74) is 0.969. The molecule has 0 aliphatic carbocycles. The van der Waals surface area contributed by atoms with Crippen LogP contribution in [-0.2, 0) is 11.2 Å². The third-order valence-electron chi connectivity index (χ3n) is 12.2. The second kappa shape index (κ2) is 43.9. The van der Waals surface area contributed by atoms with E-state index in [9.17, 15) is 9.90 Å². The molecule has 0 aliphatic rings. The summed E-state index contributed by atoms with van der Waals surface area (Å²) in [5.74, 6) is 0.871. The number of aliphatic carboxylic acids is 1. The van der Waals surface area contributed by atoms with Crippen molar-refractivity contribution in [2.75, 3.05) is 13.2 Å². The Hall–Kier alpha value is -1.71. The first-order valence-electron chi connectivity index (χ1n) is 25.8. The molecule has 1 rings (SSSR count). The monoisotopic (exact) mass is 799 g/mol. The fourth-order valence-corrected chi connectivity index (χ4v) is 8.29. The second-order valence-corrected chi connectivity index (χ2v) is 17.8. The van der Waals surface area contributed by atoms with Crippen molar-refractivity contribution in [1.29, 1.82) is 0 Å². The van der Waals surface area contributed by atoms with Gasteiger partial charge in [0.25, 0.3) is 0 Å². The molecule has 0 aliphatic heterocycles. The number of benzene rings is 1. The first-order chi connectivity index (χ1) is 28.2. The standard InChI is InChI=1S/C53H98O4/c1-3-5-7-9-11-13-15-17-19-21-23-25-27-29-31-33-35-37-39-41-47-56-51-45-43-50(44-46-53(54)55)52(49-51)57-48-42-40-38-36-34-32-30-28-26-24-22-20-18-16-14-12-10-8-6-4-2/h43,45,49H,3-42,44,46-48H2,1-2H3,(H,54,55). The van der Waals surface area contributed by atoms with Gasteiger partial charge in [0.2, 0.25) is 0 Å². The largest absolute Gasteiger partial charge is 0.493 e. The number of carbonyl (C=O) groups is 1. The minimum Gasteiger partial charge on any atom is -0.493 e. The van der Waals surface area contributed by atoms with Gasteiger partial charge in [-0.2, -0.15) is 0 Å². The van der Waals surface area contributed by atoms with Crippen LogP contribution in [0.5, 0.6) is 11.5 Å². The summed E-state index contributed by atoms with van der Waals surface area (Å²) in [4.78, 5) is 11.3. The maximum atomic E-state index is 11.3. The zero-order valence-electron chi connectivity index (χ0n) is 38.5. The van der Waals surface area contributed by atoms with Crippen LogP contribution in [0.15, 0.2) is 18.2 Å². The molecular formula is C53H98O4. The van der Waals surface area contributed by atoms with E-state index < -0.39 is 5.97 Å². The molecule has 0 saturated heterocycles. The van der Waals surface area contributed by atoms with Crippen molar-refractivity contribution in [3.8, 4) is 11.5 Å². The first-order valence-corrected chi connectivity index (χ1v) is 25.8. The number of aryl methyl sites for hydroxylation is 1. The van der Waals surface area contributed by atoms with Gasteiger partial charge in [-0.25, -0.2) is 0 Å². The summed E-state index contributed by atoms with van der Waals surface area (Å²) in [6.45, 7) is 6.00. The number of carboxylic acid groups (broad SMARTS) is 1. The predicted molar refractivity (Wildman–Crippen MR) is 249 cm³/mol. The van der Waals surface area contributed by atoms with Crippen LogP contribution < -0.4 is 9.47 Å². The third-order valence-corrected chi connectivity index (χ3v) is 12.2. The van der Waals surface area contributed by atoms with E-state index in [2.05, 4.69) is 13.8 Å². The lowest BCUT2D eigenvalue weighted by molar-refractivity contribution is -0.136. The minimum atomic E-state index is -0.769. The van der Waals surface area contributed by atoms with Gasteiger partial charge in [-0.15, -0.1) is 0 Å². The Morgan fingerprint density at radius 1 is 0.404 bits per heavy atom. The molecule has 57 heavy (non-hydrogen) atoms. The number of ether oxygens (including phenoxy) is 2. The van der Waals surface area contributed by atoms with E-state index >= 15 is 0 Å². The number of rotatable bonds is 47. The topological polar surface area (TPSA) is 55.8 Å². The summed E-state index contributed by atoms with van der Waals surface area (Å²) in [6, 6.07) is 5.98. The highest BCUT2D eigenvalue weighted by molar-refractivity contribution is 5.67. The van der Waals surface area contributed by atoms with E-state index in [1.54, 1.807) is 0 Å². The molecule has 0 fully saturated rings. The van der Waals surface area contributed by atoms with Gasteiger partial charge in [0, 0.05) is 12.5 Å². The molecule has 0 radical (unpaired) electrons. The van der Waals surface area contributed by atoms with Gasteiger partial charge < -0.3 is 14.6 Å². The molecule has 0 saturated carbocycles.